The molecule has 0 atom stereocenters. The predicted molar refractivity (Wildman–Crippen MR) is 41.7 cm³/mol. The molecule has 0 saturated heterocycles. The molecule has 0 unspecified atom stereocenters. The van der Waals surface area contributed by atoms with Gasteiger partial charge in [-0.3, -0.25) is 10.1 Å². The van der Waals surface area contributed by atoms with Crippen molar-refractivity contribution < 1.29 is 9.59 Å². The van der Waals surface area contributed by atoms with Gasteiger partial charge in [0.05, 0.1) is 0 Å². The Hall–Kier alpha value is -1.06. The summed E-state index contributed by atoms with van der Waals surface area (Å²) < 4.78 is 0. The number of urea groups is 1. The second-order valence-corrected chi connectivity index (χ2v) is 2.92. The molecule has 0 bridgehead atoms. The van der Waals surface area contributed by atoms with Gasteiger partial charge in [-0.15, -0.1) is 0 Å². The molecule has 0 aliphatic heterocycles. The van der Waals surface area contributed by atoms with Crippen LogP contribution < -0.4 is 10.6 Å². The van der Waals surface area contributed by atoms with Crippen LogP contribution in [0.3, 0.4) is 0 Å². The molecule has 11 heavy (non-hydrogen) atoms. The van der Waals surface area contributed by atoms with Gasteiger partial charge in [-0.2, -0.15) is 0 Å². The summed E-state index contributed by atoms with van der Waals surface area (Å²) in [7, 11) is 0. The number of hydrogen-bond acceptors (Lipinski definition) is 2. The van der Waals surface area contributed by atoms with Gasteiger partial charge < -0.3 is 5.32 Å². The average Bonchev–Trinajstić information content (AvgIpc) is 1.87. The molecule has 0 aromatic carbocycles. The van der Waals surface area contributed by atoms with Crippen LogP contribution in [0.15, 0.2) is 0 Å². The summed E-state index contributed by atoms with van der Waals surface area (Å²) in [6, 6.07) is -0.508. The van der Waals surface area contributed by atoms with Gasteiger partial charge in [0.25, 0.3) is 0 Å². The normalized spacial score (nSPS) is 10.5. The summed E-state index contributed by atoms with van der Waals surface area (Å²) in [4.78, 5) is 20.4. The molecule has 0 fully saturated rings. The first-order valence-electron chi connectivity index (χ1n) is 3.47. The summed E-state index contributed by atoms with van der Waals surface area (Å²) in [5, 5.41) is 4.47. The minimum Gasteiger partial charge on any atom is -0.333 e. The van der Waals surface area contributed by atoms with Crippen molar-refractivity contribution in [1.82, 2.24) is 10.6 Å². The van der Waals surface area contributed by atoms with Crippen molar-refractivity contribution in [2.24, 2.45) is 0 Å². The fourth-order valence-electron chi connectivity index (χ4n) is 0.473. The van der Waals surface area contributed by atoms with Crippen molar-refractivity contribution in [1.29, 1.82) is 0 Å². The van der Waals surface area contributed by atoms with Crippen LogP contribution >= 0.6 is 0 Å². The van der Waals surface area contributed by atoms with Gasteiger partial charge in [-0.1, -0.05) is 6.92 Å². The minimum absolute atomic E-state index is 0.277. The summed E-state index contributed by atoms with van der Waals surface area (Å²) in [5.74, 6) is 0. The Labute approximate surface area is 66.4 Å². The van der Waals surface area contributed by atoms with E-state index in [0.717, 1.165) is 6.42 Å². The molecule has 4 heteroatoms. The van der Waals surface area contributed by atoms with Crippen LogP contribution in [0.1, 0.15) is 27.2 Å². The van der Waals surface area contributed by atoms with E-state index in [4.69, 9.17) is 0 Å². The largest absolute Gasteiger partial charge is 0.333 e. The molecule has 1 radical (unpaired) electrons. The number of carbonyl (C=O) groups is 1. The molecule has 0 aliphatic carbocycles. The van der Waals surface area contributed by atoms with E-state index in [9.17, 15) is 9.59 Å². The Balaban J connectivity index is 3.82. The number of amides is 3. The van der Waals surface area contributed by atoms with Crippen LogP contribution in [0.25, 0.3) is 0 Å². The molecule has 0 aromatic rings. The number of imide groups is 1. The molecule has 4 nitrogen and oxygen atoms in total. The third-order valence-electron chi connectivity index (χ3n) is 1.50. The van der Waals surface area contributed by atoms with Crippen LogP contribution in [0.4, 0.5) is 4.79 Å². The highest BCUT2D eigenvalue weighted by Gasteiger charge is 2.16. The van der Waals surface area contributed by atoms with E-state index in [1.807, 2.05) is 26.1 Å². The van der Waals surface area contributed by atoms with E-state index in [2.05, 4.69) is 5.32 Å². The first kappa shape index (κ1) is 9.94. The van der Waals surface area contributed by atoms with E-state index < -0.39 is 6.03 Å². The van der Waals surface area contributed by atoms with Crippen molar-refractivity contribution in [3.63, 3.8) is 0 Å². The van der Waals surface area contributed by atoms with Gasteiger partial charge in [0.15, 0.2) is 0 Å². The molecule has 0 saturated carbocycles. The standard InChI is InChI=1S/C7H13N2O2/c1-4-7(2,3)9-6(11)8-5-10/h4H2,1-3H3,(H2,8,9,10,11). The lowest BCUT2D eigenvalue weighted by Gasteiger charge is -2.23. The molecular formula is C7H13N2O2. The van der Waals surface area contributed by atoms with E-state index in [0.29, 0.717) is 0 Å². The molecule has 2 N–H and O–H groups in total. The lowest BCUT2D eigenvalue weighted by Crippen LogP contribution is -2.47. The Bertz CT molecular complexity index is 155. The molecule has 3 amide bonds. The maximum absolute atomic E-state index is 10.7. The van der Waals surface area contributed by atoms with E-state index >= 15 is 0 Å². The number of carbonyl (C=O) groups excluding carboxylic acids is 2. The van der Waals surface area contributed by atoms with E-state index in [1.165, 1.54) is 6.41 Å². The maximum atomic E-state index is 10.7. The summed E-state index contributed by atoms with van der Waals surface area (Å²) in [6.45, 7) is 5.69. The summed E-state index contributed by atoms with van der Waals surface area (Å²) >= 11 is 0. The highest BCUT2D eigenvalue weighted by atomic mass is 16.2. The van der Waals surface area contributed by atoms with Gasteiger partial charge in [-0.05, 0) is 20.3 Å². The lowest BCUT2D eigenvalue weighted by atomic mass is 10.0. The fourth-order valence-corrected chi connectivity index (χ4v) is 0.473. The van der Waals surface area contributed by atoms with Crippen molar-refractivity contribution in [3.8, 4) is 0 Å². The topological polar surface area (TPSA) is 58.2 Å². The van der Waals surface area contributed by atoms with Gasteiger partial charge in [0.2, 0.25) is 0 Å². The van der Waals surface area contributed by atoms with Crippen LogP contribution in [0, 0.1) is 0 Å². The molecule has 0 heterocycles. The molecular weight excluding hydrogens is 144 g/mol. The van der Waals surface area contributed by atoms with Gasteiger partial charge in [0, 0.05) is 5.54 Å². The second-order valence-electron chi connectivity index (χ2n) is 2.92. The summed E-state index contributed by atoms with van der Waals surface area (Å²) in [5.41, 5.74) is -0.277. The predicted octanol–water partition coefficient (Wildman–Crippen LogP) is 0.541. The highest BCUT2D eigenvalue weighted by molar-refractivity contribution is 5.84. The molecule has 0 rings (SSSR count). The zero-order valence-electron chi connectivity index (χ0n) is 7.02. The Kier molecular flexibility index (Phi) is 3.57. The van der Waals surface area contributed by atoms with Crippen LogP contribution in [0.2, 0.25) is 0 Å². The third-order valence-corrected chi connectivity index (χ3v) is 1.50. The highest BCUT2D eigenvalue weighted by Crippen LogP contribution is 2.05. The Morgan fingerprint density at radius 1 is 1.55 bits per heavy atom. The smallest absolute Gasteiger partial charge is 0.322 e. The van der Waals surface area contributed by atoms with Gasteiger partial charge in [-0.25, -0.2) is 4.79 Å². The number of rotatable bonds is 3. The summed E-state index contributed by atoms with van der Waals surface area (Å²) in [6.07, 6.45) is 2.11. The van der Waals surface area contributed by atoms with Crippen molar-refractivity contribution in [2.75, 3.05) is 0 Å². The minimum atomic E-state index is -0.508. The third kappa shape index (κ3) is 4.36. The van der Waals surface area contributed by atoms with E-state index in [-0.39, 0.29) is 5.54 Å². The Morgan fingerprint density at radius 2 is 2.09 bits per heavy atom. The van der Waals surface area contributed by atoms with E-state index in [1.54, 1.807) is 0 Å². The first-order valence-corrected chi connectivity index (χ1v) is 3.47. The van der Waals surface area contributed by atoms with Crippen molar-refractivity contribution >= 4 is 12.4 Å². The van der Waals surface area contributed by atoms with Crippen LogP contribution in [-0.4, -0.2) is 18.0 Å². The van der Waals surface area contributed by atoms with Crippen molar-refractivity contribution in [2.45, 2.75) is 32.7 Å². The van der Waals surface area contributed by atoms with Crippen LogP contribution in [0.5, 0.6) is 0 Å². The average molecular weight is 157 g/mol. The van der Waals surface area contributed by atoms with Gasteiger partial charge >= 0.3 is 12.4 Å². The molecule has 0 aromatic heterocycles. The zero-order chi connectivity index (χ0) is 8.91. The number of nitrogens with one attached hydrogen (secondary N) is 2. The quantitative estimate of drug-likeness (QED) is 0.587. The maximum Gasteiger partial charge on any atom is 0.322 e. The lowest BCUT2D eigenvalue weighted by molar-refractivity contribution is 0.233. The Morgan fingerprint density at radius 3 is 2.45 bits per heavy atom. The zero-order valence-corrected chi connectivity index (χ0v) is 7.02. The second kappa shape index (κ2) is 3.95. The van der Waals surface area contributed by atoms with Crippen LogP contribution in [-0.2, 0) is 4.79 Å². The SMILES string of the molecule is CCC(C)(C)NC(=O)N[C]=O. The fraction of sp³-hybridized carbons (Fsp3) is 0.714. The van der Waals surface area contributed by atoms with Crippen molar-refractivity contribution in [3.05, 3.63) is 0 Å². The molecule has 0 spiro atoms. The number of hydrogen-bond donors (Lipinski definition) is 2. The molecule has 63 valence electrons. The first-order chi connectivity index (χ1) is 5.02. The monoisotopic (exact) mass is 157 g/mol. The van der Waals surface area contributed by atoms with Gasteiger partial charge in [0.1, 0.15) is 0 Å². The molecule has 0 aliphatic rings.